The number of hydrogen-bond acceptors (Lipinski definition) is 5. The summed E-state index contributed by atoms with van der Waals surface area (Å²) in [5.74, 6) is 1.94. The highest BCUT2D eigenvalue weighted by molar-refractivity contribution is 7.99. The van der Waals surface area contributed by atoms with E-state index in [4.69, 9.17) is 9.47 Å². The van der Waals surface area contributed by atoms with E-state index in [0.717, 1.165) is 44.2 Å². The van der Waals surface area contributed by atoms with Gasteiger partial charge in [0.25, 0.3) is 0 Å². The molecule has 2 rings (SSSR count). The second kappa shape index (κ2) is 5.89. The van der Waals surface area contributed by atoms with Crippen LogP contribution in [0.25, 0.3) is 0 Å². The summed E-state index contributed by atoms with van der Waals surface area (Å²) >= 11 is 1.85. The van der Waals surface area contributed by atoms with Crippen LogP contribution in [0.15, 0.2) is 0 Å². The van der Waals surface area contributed by atoms with Crippen LogP contribution in [0, 0.1) is 5.92 Å². The number of thioether (sulfide) groups is 1. The number of nitrogens with zero attached hydrogens (tertiary/aromatic N) is 1. The van der Waals surface area contributed by atoms with Crippen LogP contribution in [0.5, 0.6) is 0 Å². The summed E-state index contributed by atoms with van der Waals surface area (Å²) in [6, 6.07) is 0.505. The number of carbonyl (C=O) groups is 1. The summed E-state index contributed by atoms with van der Waals surface area (Å²) < 4.78 is 10.3. The molecule has 0 radical (unpaired) electrons. The molecule has 0 amide bonds. The lowest BCUT2D eigenvalue weighted by molar-refractivity contribution is -0.145. The maximum Gasteiger partial charge on any atom is 0.310 e. The fourth-order valence-corrected chi connectivity index (χ4v) is 3.34. The van der Waals surface area contributed by atoms with Gasteiger partial charge in [-0.1, -0.05) is 0 Å². The molecule has 2 fully saturated rings. The van der Waals surface area contributed by atoms with Crippen LogP contribution in [0.1, 0.15) is 6.42 Å². The third-order valence-corrected chi connectivity index (χ3v) is 4.36. The van der Waals surface area contributed by atoms with Crippen molar-refractivity contribution in [3.63, 3.8) is 0 Å². The molecule has 4 nitrogen and oxygen atoms in total. The van der Waals surface area contributed by atoms with Crippen molar-refractivity contribution in [1.82, 2.24) is 4.90 Å². The molecule has 2 aliphatic rings. The Morgan fingerprint density at radius 3 is 3.12 bits per heavy atom. The van der Waals surface area contributed by atoms with Gasteiger partial charge < -0.3 is 9.47 Å². The van der Waals surface area contributed by atoms with Crippen molar-refractivity contribution in [2.24, 2.45) is 5.92 Å². The Kier molecular flexibility index (Phi) is 4.49. The normalized spacial score (nSPS) is 32.3. The average molecular weight is 245 g/mol. The van der Waals surface area contributed by atoms with E-state index in [9.17, 15) is 4.79 Å². The Balaban J connectivity index is 1.94. The van der Waals surface area contributed by atoms with Crippen molar-refractivity contribution in [2.75, 3.05) is 44.9 Å². The second-order valence-corrected chi connectivity index (χ2v) is 5.46. The molecule has 92 valence electrons. The summed E-state index contributed by atoms with van der Waals surface area (Å²) in [6.07, 6.45) is 1.10. The minimum atomic E-state index is -0.0710. The Bertz CT molecular complexity index is 243. The monoisotopic (exact) mass is 245 g/mol. The zero-order valence-electron chi connectivity index (χ0n) is 9.68. The van der Waals surface area contributed by atoms with Crippen LogP contribution in [0.2, 0.25) is 0 Å². The highest BCUT2D eigenvalue weighted by Gasteiger charge is 2.30. The SMILES string of the molecule is COC(=O)C1CSCCN(C2CCOC2)C1. The van der Waals surface area contributed by atoms with Gasteiger partial charge in [-0.05, 0) is 6.42 Å². The fraction of sp³-hybridized carbons (Fsp3) is 0.909. The van der Waals surface area contributed by atoms with Gasteiger partial charge in [0.05, 0.1) is 19.6 Å². The highest BCUT2D eigenvalue weighted by atomic mass is 32.2. The van der Waals surface area contributed by atoms with Gasteiger partial charge in [0.2, 0.25) is 0 Å². The molecule has 0 spiro atoms. The van der Waals surface area contributed by atoms with Gasteiger partial charge in [0.15, 0.2) is 0 Å². The molecule has 2 aliphatic heterocycles. The first-order valence-electron chi connectivity index (χ1n) is 5.78. The van der Waals surface area contributed by atoms with Crippen molar-refractivity contribution in [1.29, 1.82) is 0 Å². The average Bonchev–Trinajstić information content (AvgIpc) is 2.73. The minimum Gasteiger partial charge on any atom is -0.469 e. The van der Waals surface area contributed by atoms with Crippen molar-refractivity contribution >= 4 is 17.7 Å². The molecule has 0 bridgehead atoms. The number of esters is 1. The molecule has 0 N–H and O–H groups in total. The second-order valence-electron chi connectivity index (χ2n) is 4.31. The molecule has 0 aromatic heterocycles. The summed E-state index contributed by atoms with van der Waals surface area (Å²) in [6.45, 7) is 3.57. The molecular formula is C11H19NO3S. The zero-order valence-corrected chi connectivity index (χ0v) is 10.5. The lowest BCUT2D eigenvalue weighted by Crippen LogP contribution is -2.41. The van der Waals surface area contributed by atoms with E-state index < -0.39 is 0 Å². The van der Waals surface area contributed by atoms with Gasteiger partial charge in [0.1, 0.15) is 0 Å². The Morgan fingerprint density at radius 2 is 2.44 bits per heavy atom. The molecule has 2 saturated heterocycles. The number of carbonyl (C=O) groups excluding carboxylic acids is 1. The van der Waals surface area contributed by atoms with Crippen LogP contribution in [-0.2, 0) is 14.3 Å². The zero-order chi connectivity index (χ0) is 11.4. The van der Waals surface area contributed by atoms with Crippen LogP contribution < -0.4 is 0 Å². The van der Waals surface area contributed by atoms with Gasteiger partial charge >= 0.3 is 5.97 Å². The van der Waals surface area contributed by atoms with E-state index in [1.165, 1.54) is 7.11 Å². The molecule has 0 aromatic rings. The van der Waals surface area contributed by atoms with Gasteiger partial charge in [-0.15, -0.1) is 0 Å². The van der Waals surface area contributed by atoms with Gasteiger partial charge in [-0.3, -0.25) is 9.69 Å². The summed E-state index contributed by atoms with van der Waals surface area (Å²) in [5.41, 5.74) is 0. The molecule has 0 aliphatic carbocycles. The molecule has 5 heteroatoms. The van der Waals surface area contributed by atoms with Crippen molar-refractivity contribution in [3.8, 4) is 0 Å². The van der Waals surface area contributed by atoms with Crippen LogP contribution >= 0.6 is 11.8 Å². The maximum atomic E-state index is 11.6. The molecule has 2 unspecified atom stereocenters. The fourth-order valence-electron chi connectivity index (χ4n) is 2.29. The number of rotatable bonds is 2. The van der Waals surface area contributed by atoms with E-state index in [-0.39, 0.29) is 11.9 Å². The molecule has 0 aromatic carbocycles. The van der Waals surface area contributed by atoms with Crippen molar-refractivity contribution < 1.29 is 14.3 Å². The van der Waals surface area contributed by atoms with Crippen LogP contribution in [0.4, 0.5) is 0 Å². The van der Waals surface area contributed by atoms with Gasteiger partial charge in [-0.2, -0.15) is 11.8 Å². The van der Waals surface area contributed by atoms with Crippen LogP contribution in [0.3, 0.4) is 0 Å². The third-order valence-electron chi connectivity index (χ3n) is 3.25. The number of ether oxygens (including phenoxy) is 2. The number of hydrogen-bond donors (Lipinski definition) is 0. The first-order valence-corrected chi connectivity index (χ1v) is 6.94. The highest BCUT2D eigenvalue weighted by Crippen LogP contribution is 2.21. The van der Waals surface area contributed by atoms with Gasteiger partial charge in [-0.25, -0.2) is 0 Å². The van der Waals surface area contributed by atoms with E-state index in [0.29, 0.717) is 6.04 Å². The lowest BCUT2D eigenvalue weighted by atomic mass is 10.1. The standard InChI is InChI=1S/C11H19NO3S/c1-14-11(13)9-6-12(3-5-16-8-9)10-2-4-15-7-10/h9-10H,2-8H2,1H3. The van der Waals surface area contributed by atoms with Crippen molar-refractivity contribution in [3.05, 3.63) is 0 Å². The van der Waals surface area contributed by atoms with E-state index in [1.807, 2.05) is 11.8 Å². The molecule has 0 saturated carbocycles. The minimum absolute atomic E-state index is 0.0260. The van der Waals surface area contributed by atoms with E-state index >= 15 is 0 Å². The first kappa shape index (κ1) is 12.2. The lowest BCUT2D eigenvalue weighted by Gasteiger charge is -2.27. The third kappa shape index (κ3) is 2.90. The number of methoxy groups -OCH3 is 1. The molecule has 2 heterocycles. The molecule has 16 heavy (non-hydrogen) atoms. The van der Waals surface area contributed by atoms with Crippen molar-refractivity contribution in [2.45, 2.75) is 12.5 Å². The molecule has 2 atom stereocenters. The summed E-state index contributed by atoms with van der Waals surface area (Å²) in [5, 5.41) is 0. The predicted octanol–water partition coefficient (Wildman–Crippen LogP) is 0.613. The van der Waals surface area contributed by atoms with E-state index in [2.05, 4.69) is 4.90 Å². The Morgan fingerprint density at radius 1 is 1.56 bits per heavy atom. The smallest absolute Gasteiger partial charge is 0.310 e. The Hall–Kier alpha value is -0.260. The Labute approximate surface area is 101 Å². The quantitative estimate of drug-likeness (QED) is 0.667. The topological polar surface area (TPSA) is 38.8 Å². The predicted molar refractivity (Wildman–Crippen MR) is 63.6 cm³/mol. The van der Waals surface area contributed by atoms with Gasteiger partial charge in [0, 0.05) is 37.2 Å². The summed E-state index contributed by atoms with van der Waals surface area (Å²) in [4.78, 5) is 14.0. The summed E-state index contributed by atoms with van der Waals surface area (Å²) in [7, 11) is 1.47. The maximum absolute atomic E-state index is 11.6. The van der Waals surface area contributed by atoms with Crippen LogP contribution in [-0.4, -0.2) is 61.8 Å². The van der Waals surface area contributed by atoms with E-state index in [1.54, 1.807) is 0 Å². The first-order chi connectivity index (χ1) is 7.81. The largest absolute Gasteiger partial charge is 0.469 e. The molecular weight excluding hydrogens is 226 g/mol.